The van der Waals surface area contributed by atoms with Crippen LogP contribution >= 0.6 is 11.6 Å². The van der Waals surface area contributed by atoms with Crippen LogP contribution in [0.4, 0.5) is 10.2 Å². The lowest BCUT2D eigenvalue weighted by atomic mass is 10.1. The van der Waals surface area contributed by atoms with Crippen molar-refractivity contribution in [3.05, 3.63) is 59.4 Å². The van der Waals surface area contributed by atoms with E-state index in [9.17, 15) is 4.39 Å². The highest BCUT2D eigenvalue weighted by molar-refractivity contribution is 6.30. The van der Waals surface area contributed by atoms with Gasteiger partial charge in [0.1, 0.15) is 11.5 Å². The molecule has 0 aliphatic carbocycles. The van der Waals surface area contributed by atoms with Crippen LogP contribution in [0, 0.1) is 5.82 Å². The fourth-order valence-corrected chi connectivity index (χ4v) is 2.27. The predicted octanol–water partition coefficient (Wildman–Crippen LogP) is 4.43. The Morgan fingerprint density at radius 2 is 1.61 bits per heavy atom. The summed E-state index contributed by atoms with van der Waals surface area (Å²) < 4.78 is 13.1. The molecule has 6 heteroatoms. The molecule has 0 bridgehead atoms. The molecule has 3 rings (SSSR count). The van der Waals surface area contributed by atoms with Crippen molar-refractivity contribution in [2.24, 2.45) is 0 Å². The van der Waals surface area contributed by atoms with E-state index in [0.29, 0.717) is 34.5 Å². The van der Waals surface area contributed by atoms with Crippen molar-refractivity contribution in [2.45, 2.75) is 6.92 Å². The Kier molecular flexibility index (Phi) is 4.48. The van der Waals surface area contributed by atoms with E-state index in [1.54, 1.807) is 24.3 Å². The fraction of sp³-hybridized carbons (Fsp3) is 0.118. The molecule has 116 valence electrons. The largest absolute Gasteiger partial charge is 0.367 e. The maximum Gasteiger partial charge on any atom is 0.182 e. The molecule has 1 aromatic heterocycles. The van der Waals surface area contributed by atoms with Crippen LogP contribution in [-0.4, -0.2) is 21.7 Å². The van der Waals surface area contributed by atoms with E-state index in [1.807, 2.05) is 19.1 Å². The SMILES string of the molecule is CCNc1nnc(-c2ccc(F)cc2)nc1-c1ccc(Cl)cc1. The molecule has 0 unspecified atom stereocenters. The molecule has 0 fully saturated rings. The zero-order chi connectivity index (χ0) is 16.2. The number of halogens is 2. The first kappa shape index (κ1) is 15.4. The molecule has 0 saturated heterocycles. The van der Waals surface area contributed by atoms with E-state index in [0.717, 1.165) is 5.56 Å². The average molecular weight is 329 g/mol. The second-order valence-corrected chi connectivity index (χ2v) is 5.31. The number of aromatic nitrogens is 3. The third kappa shape index (κ3) is 3.46. The Bertz CT molecular complexity index is 804. The number of anilines is 1. The molecule has 23 heavy (non-hydrogen) atoms. The summed E-state index contributed by atoms with van der Waals surface area (Å²) in [5, 5.41) is 12.1. The van der Waals surface area contributed by atoms with Gasteiger partial charge < -0.3 is 5.32 Å². The normalized spacial score (nSPS) is 10.6. The molecule has 0 saturated carbocycles. The molecule has 0 aliphatic heterocycles. The Morgan fingerprint density at radius 3 is 2.26 bits per heavy atom. The molecule has 1 N–H and O–H groups in total. The third-order valence-electron chi connectivity index (χ3n) is 3.25. The first-order valence-electron chi connectivity index (χ1n) is 7.18. The van der Waals surface area contributed by atoms with E-state index < -0.39 is 0 Å². The van der Waals surface area contributed by atoms with E-state index in [4.69, 9.17) is 11.6 Å². The molecule has 1 heterocycles. The predicted molar refractivity (Wildman–Crippen MR) is 89.8 cm³/mol. The van der Waals surface area contributed by atoms with Gasteiger partial charge >= 0.3 is 0 Å². The van der Waals surface area contributed by atoms with Crippen LogP contribution < -0.4 is 5.32 Å². The van der Waals surface area contributed by atoms with Gasteiger partial charge in [-0.2, -0.15) is 0 Å². The molecular formula is C17H14ClFN4. The van der Waals surface area contributed by atoms with Crippen molar-refractivity contribution in [2.75, 3.05) is 11.9 Å². The van der Waals surface area contributed by atoms with Crippen molar-refractivity contribution in [1.29, 1.82) is 0 Å². The minimum atomic E-state index is -0.302. The highest BCUT2D eigenvalue weighted by Crippen LogP contribution is 2.27. The topological polar surface area (TPSA) is 50.7 Å². The summed E-state index contributed by atoms with van der Waals surface area (Å²) in [4.78, 5) is 4.59. The maximum atomic E-state index is 13.1. The van der Waals surface area contributed by atoms with Gasteiger partial charge in [-0.15, -0.1) is 10.2 Å². The molecule has 0 amide bonds. The van der Waals surface area contributed by atoms with Gasteiger partial charge in [0, 0.05) is 22.7 Å². The van der Waals surface area contributed by atoms with Gasteiger partial charge in [-0.3, -0.25) is 0 Å². The number of nitrogens with zero attached hydrogens (tertiary/aromatic N) is 3. The number of hydrogen-bond donors (Lipinski definition) is 1. The van der Waals surface area contributed by atoms with Crippen molar-refractivity contribution in [3.63, 3.8) is 0 Å². The molecule has 3 aromatic rings. The van der Waals surface area contributed by atoms with Crippen LogP contribution in [0.5, 0.6) is 0 Å². The zero-order valence-corrected chi connectivity index (χ0v) is 13.2. The molecule has 2 aromatic carbocycles. The summed E-state index contributed by atoms with van der Waals surface area (Å²) in [5.41, 5.74) is 2.26. The van der Waals surface area contributed by atoms with Crippen LogP contribution in [0.1, 0.15) is 6.92 Å². The van der Waals surface area contributed by atoms with Gasteiger partial charge in [0.15, 0.2) is 11.6 Å². The van der Waals surface area contributed by atoms with Gasteiger partial charge in [-0.25, -0.2) is 9.37 Å². The molecule has 4 nitrogen and oxygen atoms in total. The molecule has 0 aliphatic rings. The third-order valence-corrected chi connectivity index (χ3v) is 3.50. The first-order valence-corrected chi connectivity index (χ1v) is 7.55. The van der Waals surface area contributed by atoms with Crippen LogP contribution in [0.3, 0.4) is 0 Å². The quantitative estimate of drug-likeness (QED) is 0.769. The van der Waals surface area contributed by atoms with Crippen LogP contribution in [-0.2, 0) is 0 Å². The lowest BCUT2D eigenvalue weighted by Crippen LogP contribution is -2.06. The summed E-state index contributed by atoms with van der Waals surface area (Å²) in [7, 11) is 0. The molecular weight excluding hydrogens is 315 g/mol. The van der Waals surface area contributed by atoms with Crippen molar-refractivity contribution in [1.82, 2.24) is 15.2 Å². The number of rotatable bonds is 4. The first-order chi connectivity index (χ1) is 11.2. The van der Waals surface area contributed by atoms with Gasteiger partial charge in [0.05, 0.1) is 0 Å². The Morgan fingerprint density at radius 1 is 0.957 bits per heavy atom. The van der Waals surface area contributed by atoms with E-state index >= 15 is 0 Å². The Hall–Kier alpha value is -2.53. The lowest BCUT2D eigenvalue weighted by Gasteiger charge is -2.10. The fourth-order valence-electron chi connectivity index (χ4n) is 2.14. The lowest BCUT2D eigenvalue weighted by molar-refractivity contribution is 0.628. The molecule has 0 atom stereocenters. The minimum Gasteiger partial charge on any atom is -0.367 e. The molecule has 0 spiro atoms. The summed E-state index contributed by atoms with van der Waals surface area (Å²) in [6.07, 6.45) is 0. The zero-order valence-electron chi connectivity index (χ0n) is 12.4. The second kappa shape index (κ2) is 6.71. The van der Waals surface area contributed by atoms with Crippen LogP contribution in [0.25, 0.3) is 22.6 Å². The average Bonchev–Trinajstić information content (AvgIpc) is 2.57. The van der Waals surface area contributed by atoms with E-state index in [1.165, 1.54) is 12.1 Å². The van der Waals surface area contributed by atoms with Gasteiger partial charge in [0.2, 0.25) is 0 Å². The Labute approximate surface area is 138 Å². The smallest absolute Gasteiger partial charge is 0.182 e. The standard InChI is InChI=1S/C17H14ClFN4/c1-2-20-17-15(11-3-7-13(18)8-4-11)21-16(22-23-17)12-5-9-14(19)10-6-12/h3-10H,2H2,1H3,(H,20,23). The van der Waals surface area contributed by atoms with Crippen molar-refractivity contribution < 1.29 is 4.39 Å². The van der Waals surface area contributed by atoms with E-state index in [-0.39, 0.29) is 5.82 Å². The minimum absolute atomic E-state index is 0.302. The van der Waals surface area contributed by atoms with Crippen molar-refractivity contribution in [3.8, 4) is 22.6 Å². The van der Waals surface area contributed by atoms with Gasteiger partial charge in [-0.1, -0.05) is 23.7 Å². The number of nitrogens with one attached hydrogen (secondary N) is 1. The Balaban J connectivity index is 2.09. The van der Waals surface area contributed by atoms with Gasteiger partial charge in [0.25, 0.3) is 0 Å². The van der Waals surface area contributed by atoms with Crippen LogP contribution in [0.15, 0.2) is 48.5 Å². The number of benzene rings is 2. The van der Waals surface area contributed by atoms with Crippen LogP contribution in [0.2, 0.25) is 5.02 Å². The number of hydrogen-bond acceptors (Lipinski definition) is 4. The summed E-state index contributed by atoms with van der Waals surface area (Å²) >= 11 is 5.94. The maximum absolute atomic E-state index is 13.1. The summed E-state index contributed by atoms with van der Waals surface area (Å²) in [6.45, 7) is 2.67. The molecule has 0 radical (unpaired) electrons. The van der Waals surface area contributed by atoms with E-state index in [2.05, 4.69) is 20.5 Å². The summed E-state index contributed by atoms with van der Waals surface area (Å²) in [5.74, 6) is 0.737. The van der Waals surface area contributed by atoms with Gasteiger partial charge in [-0.05, 0) is 43.3 Å². The monoisotopic (exact) mass is 328 g/mol. The summed E-state index contributed by atoms with van der Waals surface area (Å²) in [6, 6.07) is 13.4. The van der Waals surface area contributed by atoms with Crippen molar-refractivity contribution >= 4 is 17.4 Å². The highest BCUT2D eigenvalue weighted by atomic mass is 35.5. The highest BCUT2D eigenvalue weighted by Gasteiger charge is 2.12. The second-order valence-electron chi connectivity index (χ2n) is 4.88.